The maximum atomic E-state index is 12.2. The van der Waals surface area contributed by atoms with Crippen LogP contribution in [0.2, 0.25) is 0 Å². The third-order valence-corrected chi connectivity index (χ3v) is 5.37. The summed E-state index contributed by atoms with van der Waals surface area (Å²) in [6.07, 6.45) is 7.91. The minimum atomic E-state index is -0.0963. The van der Waals surface area contributed by atoms with Crippen molar-refractivity contribution in [2.45, 2.75) is 79.6 Å². The molecule has 0 bridgehead atoms. The number of hydrogen-bond donors (Lipinski definition) is 0. The smallest absolute Gasteiger partial charge is 0.311 e. The highest BCUT2D eigenvalue weighted by Gasteiger charge is 2.24. The van der Waals surface area contributed by atoms with Crippen molar-refractivity contribution >= 4 is 5.97 Å². The van der Waals surface area contributed by atoms with Crippen LogP contribution < -0.4 is 4.74 Å². The monoisotopic (exact) mass is 344 g/mol. The third kappa shape index (κ3) is 7.63. The highest BCUT2D eigenvalue weighted by molar-refractivity contribution is 5.72. The fourth-order valence-electron chi connectivity index (χ4n) is 3.89. The molecular weight excluding hydrogens is 308 g/mol. The SMILES string of the molecule is CC1CCC(CC(C)CC(=O)Oc2ccc(CCC(C)(C)C)cc2)C1. The van der Waals surface area contributed by atoms with E-state index in [4.69, 9.17) is 4.74 Å². The molecule has 0 N–H and O–H groups in total. The van der Waals surface area contributed by atoms with E-state index in [2.05, 4.69) is 46.8 Å². The minimum absolute atomic E-state index is 0.0963. The topological polar surface area (TPSA) is 26.3 Å². The van der Waals surface area contributed by atoms with Crippen LogP contribution in [0.5, 0.6) is 5.75 Å². The maximum absolute atomic E-state index is 12.2. The number of carbonyl (C=O) groups excluding carboxylic acids is 1. The molecule has 0 aromatic heterocycles. The van der Waals surface area contributed by atoms with E-state index >= 15 is 0 Å². The Bertz CT molecular complexity index is 538. The molecule has 0 saturated heterocycles. The molecule has 1 aliphatic carbocycles. The molecule has 2 heteroatoms. The molecule has 1 aliphatic rings. The van der Waals surface area contributed by atoms with Gasteiger partial charge in [0.1, 0.15) is 5.75 Å². The van der Waals surface area contributed by atoms with Crippen molar-refractivity contribution in [3.05, 3.63) is 29.8 Å². The van der Waals surface area contributed by atoms with Crippen molar-refractivity contribution in [3.63, 3.8) is 0 Å². The molecule has 0 heterocycles. The highest BCUT2D eigenvalue weighted by Crippen LogP contribution is 2.35. The predicted octanol–water partition coefficient (Wildman–Crippen LogP) is 6.42. The van der Waals surface area contributed by atoms with Gasteiger partial charge in [-0.2, -0.15) is 0 Å². The lowest BCUT2D eigenvalue weighted by molar-refractivity contribution is -0.135. The van der Waals surface area contributed by atoms with Gasteiger partial charge in [-0.15, -0.1) is 0 Å². The largest absolute Gasteiger partial charge is 0.427 e. The van der Waals surface area contributed by atoms with Gasteiger partial charge in [-0.1, -0.05) is 59.6 Å². The molecule has 1 fully saturated rings. The van der Waals surface area contributed by atoms with Crippen LogP contribution in [0.15, 0.2) is 24.3 Å². The van der Waals surface area contributed by atoms with Crippen LogP contribution in [0, 0.1) is 23.2 Å². The first kappa shape index (κ1) is 20.0. The zero-order valence-electron chi connectivity index (χ0n) is 16.8. The molecule has 0 radical (unpaired) electrons. The van der Waals surface area contributed by atoms with Crippen LogP contribution in [0.4, 0.5) is 0 Å². The summed E-state index contributed by atoms with van der Waals surface area (Å²) < 4.78 is 5.53. The van der Waals surface area contributed by atoms with E-state index in [1.807, 2.05) is 12.1 Å². The highest BCUT2D eigenvalue weighted by atomic mass is 16.5. The molecule has 3 unspecified atom stereocenters. The van der Waals surface area contributed by atoms with E-state index in [9.17, 15) is 4.79 Å². The van der Waals surface area contributed by atoms with Crippen molar-refractivity contribution in [3.8, 4) is 5.75 Å². The van der Waals surface area contributed by atoms with Gasteiger partial charge in [-0.25, -0.2) is 0 Å². The van der Waals surface area contributed by atoms with Gasteiger partial charge in [0, 0.05) is 6.42 Å². The van der Waals surface area contributed by atoms with E-state index in [0.717, 1.165) is 31.1 Å². The second-order valence-corrected chi connectivity index (χ2v) is 9.51. The lowest BCUT2D eigenvalue weighted by Gasteiger charge is -2.18. The average Bonchev–Trinajstić information content (AvgIpc) is 2.90. The Kier molecular flexibility index (Phi) is 7.10. The summed E-state index contributed by atoms with van der Waals surface area (Å²) in [5.74, 6) is 2.65. The molecular formula is C23H36O2. The quantitative estimate of drug-likeness (QED) is 0.421. The Morgan fingerprint density at radius 2 is 1.88 bits per heavy atom. The van der Waals surface area contributed by atoms with Gasteiger partial charge in [-0.05, 0) is 66.5 Å². The number of hydrogen-bond acceptors (Lipinski definition) is 2. The summed E-state index contributed by atoms with van der Waals surface area (Å²) in [4.78, 5) is 12.2. The zero-order chi connectivity index (χ0) is 18.4. The van der Waals surface area contributed by atoms with Gasteiger partial charge >= 0.3 is 5.97 Å². The summed E-state index contributed by atoms with van der Waals surface area (Å²) in [6.45, 7) is 11.3. The molecule has 1 saturated carbocycles. The number of carbonyl (C=O) groups is 1. The second kappa shape index (κ2) is 8.87. The Morgan fingerprint density at radius 3 is 2.44 bits per heavy atom. The molecule has 1 aromatic carbocycles. The van der Waals surface area contributed by atoms with Gasteiger partial charge in [0.15, 0.2) is 0 Å². The van der Waals surface area contributed by atoms with Gasteiger partial charge in [0.2, 0.25) is 0 Å². The van der Waals surface area contributed by atoms with Crippen LogP contribution in [0.1, 0.15) is 78.7 Å². The Hall–Kier alpha value is -1.31. The number of rotatable bonds is 7. The number of benzene rings is 1. The second-order valence-electron chi connectivity index (χ2n) is 9.51. The molecule has 0 aliphatic heterocycles. The number of esters is 1. The summed E-state index contributed by atoms with van der Waals surface area (Å²) >= 11 is 0. The first-order valence-corrected chi connectivity index (χ1v) is 10.0. The van der Waals surface area contributed by atoms with Gasteiger partial charge in [0.25, 0.3) is 0 Å². The lowest BCUT2D eigenvalue weighted by Crippen LogP contribution is -2.14. The standard InChI is InChI=1S/C23H36O2/c1-17-6-7-20(14-17)15-18(2)16-22(24)25-21-10-8-19(9-11-21)12-13-23(3,4)5/h8-11,17-18,20H,6-7,12-16H2,1-5H3. The fourth-order valence-corrected chi connectivity index (χ4v) is 3.89. The predicted molar refractivity (Wildman–Crippen MR) is 105 cm³/mol. The Morgan fingerprint density at radius 1 is 1.20 bits per heavy atom. The van der Waals surface area contributed by atoms with E-state index < -0.39 is 0 Å². The summed E-state index contributed by atoms with van der Waals surface area (Å²) in [7, 11) is 0. The minimum Gasteiger partial charge on any atom is -0.427 e. The zero-order valence-corrected chi connectivity index (χ0v) is 16.8. The molecule has 1 aromatic rings. The van der Waals surface area contributed by atoms with Gasteiger partial charge in [-0.3, -0.25) is 4.79 Å². The first-order chi connectivity index (χ1) is 11.7. The number of ether oxygens (including phenoxy) is 1. The first-order valence-electron chi connectivity index (χ1n) is 10.0. The Balaban J connectivity index is 1.74. The Labute approximate surface area is 154 Å². The van der Waals surface area contributed by atoms with Gasteiger partial charge in [0.05, 0.1) is 0 Å². The molecule has 25 heavy (non-hydrogen) atoms. The van der Waals surface area contributed by atoms with E-state index in [-0.39, 0.29) is 5.97 Å². The van der Waals surface area contributed by atoms with Crippen molar-refractivity contribution in [1.29, 1.82) is 0 Å². The van der Waals surface area contributed by atoms with Crippen molar-refractivity contribution in [2.24, 2.45) is 23.2 Å². The van der Waals surface area contributed by atoms with E-state index in [1.54, 1.807) is 0 Å². The molecule has 3 atom stereocenters. The van der Waals surface area contributed by atoms with Crippen molar-refractivity contribution < 1.29 is 9.53 Å². The maximum Gasteiger partial charge on any atom is 0.311 e. The van der Waals surface area contributed by atoms with E-state index in [1.165, 1.54) is 24.8 Å². The number of aryl methyl sites for hydroxylation is 1. The van der Waals surface area contributed by atoms with Gasteiger partial charge < -0.3 is 4.74 Å². The van der Waals surface area contributed by atoms with Crippen LogP contribution in [-0.2, 0) is 11.2 Å². The molecule has 0 amide bonds. The molecule has 2 rings (SSSR count). The molecule has 140 valence electrons. The summed E-state index contributed by atoms with van der Waals surface area (Å²) in [6, 6.07) is 8.02. The average molecular weight is 345 g/mol. The molecule has 2 nitrogen and oxygen atoms in total. The van der Waals surface area contributed by atoms with E-state index in [0.29, 0.717) is 23.5 Å². The van der Waals surface area contributed by atoms with Crippen molar-refractivity contribution in [1.82, 2.24) is 0 Å². The van der Waals surface area contributed by atoms with Crippen LogP contribution in [0.3, 0.4) is 0 Å². The summed E-state index contributed by atoms with van der Waals surface area (Å²) in [5.41, 5.74) is 1.65. The summed E-state index contributed by atoms with van der Waals surface area (Å²) in [5, 5.41) is 0. The van der Waals surface area contributed by atoms with Crippen LogP contribution in [-0.4, -0.2) is 5.97 Å². The molecule has 0 spiro atoms. The van der Waals surface area contributed by atoms with Crippen molar-refractivity contribution in [2.75, 3.05) is 0 Å². The normalized spacial score (nSPS) is 22.0. The lowest BCUT2D eigenvalue weighted by atomic mass is 9.89. The van der Waals surface area contributed by atoms with Crippen LogP contribution in [0.25, 0.3) is 0 Å². The fraction of sp³-hybridized carbons (Fsp3) is 0.696. The third-order valence-electron chi connectivity index (χ3n) is 5.37. The van der Waals surface area contributed by atoms with Crippen LogP contribution >= 0.6 is 0 Å².